The van der Waals surface area contributed by atoms with E-state index in [2.05, 4.69) is 36.7 Å². The van der Waals surface area contributed by atoms with Gasteiger partial charge in [0.05, 0.1) is 5.69 Å². The van der Waals surface area contributed by atoms with Crippen molar-refractivity contribution >= 4 is 29.4 Å². The predicted molar refractivity (Wildman–Crippen MR) is 125 cm³/mol. The van der Waals surface area contributed by atoms with Gasteiger partial charge in [-0.25, -0.2) is 0 Å². The molecule has 0 saturated carbocycles. The first-order chi connectivity index (χ1) is 16.6. The van der Waals surface area contributed by atoms with Gasteiger partial charge in [0, 0.05) is 16.7 Å². The highest BCUT2D eigenvalue weighted by atomic mass is 16.2. The van der Waals surface area contributed by atoms with Crippen LogP contribution in [-0.2, 0) is 0 Å². The quantitative estimate of drug-likeness (QED) is 0.233. The molecule has 4 aromatic rings. The van der Waals surface area contributed by atoms with Gasteiger partial charge in [-0.15, -0.1) is 11.5 Å². The lowest BCUT2D eigenvalue weighted by atomic mass is 10.1. The van der Waals surface area contributed by atoms with Crippen LogP contribution in [0.4, 0.5) is 17.6 Å². The summed E-state index contributed by atoms with van der Waals surface area (Å²) in [5.41, 5.74) is 9.01. The molecule has 0 unspecified atom stereocenters. The first-order valence-corrected chi connectivity index (χ1v) is 9.97. The maximum Gasteiger partial charge on any atom is 0.258 e. The zero-order valence-electron chi connectivity index (χ0n) is 17.6. The third-order valence-electron chi connectivity index (χ3n) is 4.62. The van der Waals surface area contributed by atoms with Gasteiger partial charge in [0.25, 0.3) is 17.8 Å². The molecular formula is C24H17N8O2+. The van der Waals surface area contributed by atoms with Gasteiger partial charge in [-0.1, -0.05) is 36.3 Å². The van der Waals surface area contributed by atoms with Crippen LogP contribution in [0.2, 0.25) is 0 Å². The molecule has 4 rings (SSSR count). The van der Waals surface area contributed by atoms with Crippen molar-refractivity contribution in [1.29, 1.82) is 5.53 Å². The Hall–Kier alpha value is -5.39. The van der Waals surface area contributed by atoms with E-state index in [9.17, 15) is 9.59 Å². The average Bonchev–Trinajstić information content (AvgIpc) is 3.26. The Kier molecular flexibility index (Phi) is 6.31. The van der Waals surface area contributed by atoms with Crippen molar-refractivity contribution in [3.05, 3.63) is 95.6 Å². The minimum absolute atomic E-state index is 0.0194. The summed E-state index contributed by atoms with van der Waals surface area (Å²) in [7, 11) is 0. The van der Waals surface area contributed by atoms with Crippen molar-refractivity contribution in [2.24, 2.45) is 5.11 Å². The van der Waals surface area contributed by atoms with Gasteiger partial charge in [0.15, 0.2) is 10.8 Å². The van der Waals surface area contributed by atoms with E-state index in [1.807, 2.05) is 18.2 Å². The fraction of sp³-hybridized carbons (Fsp3) is 0. The number of nitrogens with zero attached hydrogens (tertiary/aromatic N) is 5. The number of hydrogen-bond donors (Lipinski definition) is 3. The van der Waals surface area contributed by atoms with Gasteiger partial charge in [-0.05, 0) is 48.5 Å². The maximum absolute atomic E-state index is 12.8. The highest BCUT2D eigenvalue weighted by Crippen LogP contribution is 2.19. The molecule has 0 aliphatic heterocycles. The van der Waals surface area contributed by atoms with Crippen molar-refractivity contribution in [3.63, 3.8) is 0 Å². The Balaban J connectivity index is 1.64. The molecule has 10 nitrogen and oxygen atoms in total. The molecule has 0 aliphatic rings. The summed E-state index contributed by atoms with van der Waals surface area (Å²) in [5.74, 6) is 1.65. The average molecular weight is 449 g/mol. The molecule has 0 spiro atoms. The highest BCUT2D eigenvalue weighted by molar-refractivity contribution is 6.05. The smallest absolute Gasteiger partial charge is 0.258 e. The molecule has 0 atom stereocenters. The predicted octanol–water partition coefficient (Wildman–Crippen LogP) is 3.94. The Morgan fingerprint density at radius 1 is 0.941 bits per heavy atom. The van der Waals surface area contributed by atoms with E-state index in [1.165, 1.54) is 10.7 Å². The van der Waals surface area contributed by atoms with E-state index in [1.54, 1.807) is 54.6 Å². The summed E-state index contributed by atoms with van der Waals surface area (Å²) in [6, 6.07) is 21.9. The fourth-order valence-electron chi connectivity index (χ4n) is 3.06. The number of aromatic nitrogens is 3. The highest BCUT2D eigenvalue weighted by Gasteiger charge is 2.18. The number of carbonyl (C=O) groups is 2. The Bertz CT molecular complexity index is 1460. The molecule has 34 heavy (non-hydrogen) atoms. The molecular weight excluding hydrogens is 432 g/mol. The molecule has 1 heterocycles. The monoisotopic (exact) mass is 449 g/mol. The van der Waals surface area contributed by atoms with Gasteiger partial charge in [0.1, 0.15) is 5.53 Å². The third-order valence-corrected chi connectivity index (χ3v) is 4.62. The second-order valence-corrected chi connectivity index (χ2v) is 6.89. The number of anilines is 2. The number of carbonyl (C=O) groups excluding carboxylic acids is 2. The van der Waals surface area contributed by atoms with Crippen molar-refractivity contribution in [2.45, 2.75) is 0 Å². The van der Waals surface area contributed by atoms with Gasteiger partial charge in [0.2, 0.25) is 10.9 Å². The van der Waals surface area contributed by atoms with E-state index >= 15 is 0 Å². The number of nitrogens with one attached hydrogen (secondary N) is 3. The Labute approximate surface area is 193 Å². The molecule has 0 saturated heterocycles. The van der Waals surface area contributed by atoms with E-state index in [0.29, 0.717) is 22.5 Å². The van der Waals surface area contributed by atoms with Crippen molar-refractivity contribution in [1.82, 2.24) is 19.7 Å². The summed E-state index contributed by atoms with van der Waals surface area (Å²) < 4.78 is 1.41. The van der Waals surface area contributed by atoms with Crippen LogP contribution in [0.5, 0.6) is 0 Å². The van der Waals surface area contributed by atoms with Crippen LogP contribution in [0.3, 0.4) is 0 Å². The Morgan fingerprint density at radius 3 is 2.38 bits per heavy atom. The standard InChI is InChI=1S/C24H16N8O2/c1-2-16-8-6-9-17(14-16)22(34)27-24-28-23(30-32(24)20-12-4-3-5-13-20)26-21(33)18-10-7-11-19(15-18)29-31-25/h1,3-15,25H,(H-,26,27,28,30,33,34)/p+1. The molecule has 0 radical (unpaired) electrons. The van der Waals surface area contributed by atoms with E-state index in [0.717, 1.165) is 0 Å². The van der Waals surface area contributed by atoms with Crippen LogP contribution in [0.15, 0.2) is 84.0 Å². The van der Waals surface area contributed by atoms with Crippen molar-refractivity contribution < 1.29 is 9.59 Å². The molecule has 2 amide bonds. The van der Waals surface area contributed by atoms with E-state index in [-0.39, 0.29) is 17.5 Å². The number of benzene rings is 3. The van der Waals surface area contributed by atoms with Crippen molar-refractivity contribution in [3.8, 4) is 18.0 Å². The number of terminal acetylenes is 1. The maximum atomic E-state index is 12.8. The molecule has 164 valence electrons. The Morgan fingerprint density at radius 2 is 1.65 bits per heavy atom. The van der Waals surface area contributed by atoms with Crippen LogP contribution in [0.1, 0.15) is 26.3 Å². The van der Waals surface area contributed by atoms with Gasteiger partial charge in [-0.2, -0.15) is 9.67 Å². The number of amides is 2. The largest absolute Gasteiger partial charge is 0.290 e. The van der Waals surface area contributed by atoms with Crippen LogP contribution < -0.4 is 15.5 Å². The molecule has 3 aromatic carbocycles. The molecule has 0 bridgehead atoms. The molecule has 0 fully saturated rings. The van der Waals surface area contributed by atoms with E-state index in [4.69, 9.17) is 12.0 Å². The lowest BCUT2D eigenvalue weighted by molar-refractivity contribution is 0.101. The van der Waals surface area contributed by atoms with E-state index < -0.39 is 11.8 Å². The summed E-state index contributed by atoms with van der Waals surface area (Å²) in [6.07, 6.45) is 5.43. The molecule has 3 N–H and O–H groups in total. The number of para-hydroxylation sites is 1. The molecule has 1 aromatic heterocycles. The summed E-state index contributed by atoms with van der Waals surface area (Å²) in [6.45, 7) is 0. The second kappa shape index (κ2) is 9.82. The minimum atomic E-state index is -0.494. The lowest BCUT2D eigenvalue weighted by Crippen LogP contribution is -2.16. The van der Waals surface area contributed by atoms with Crippen LogP contribution in [-0.4, -0.2) is 26.6 Å². The zero-order valence-corrected chi connectivity index (χ0v) is 17.6. The summed E-state index contributed by atoms with van der Waals surface area (Å²) >= 11 is 0. The topological polar surface area (TPSA) is 139 Å². The van der Waals surface area contributed by atoms with Crippen LogP contribution >= 0.6 is 0 Å². The molecule has 0 aliphatic carbocycles. The normalized spacial score (nSPS) is 9.97. The van der Waals surface area contributed by atoms with Crippen LogP contribution in [0, 0.1) is 17.9 Å². The lowest BCUT2D eigenvalue weighted by Gasteiger charge is -2.07. The van der Waals surface area contributed by atoms with Gasteiger partial charge in [-0.3, -0.25) is 20.2 Å². The second-order valence-electron chi connectivity index (χ2n) is 6.89. The van der Waals surface area contributed by atoms with Gasteiger partial charge >= 0.3 is 0 Å². The van der Waals surface area contributed by atoms with Gasteiger partial charge < -0.3 is 0 Å². The fourth-order valence-corrected chi connectivity index (χ4v) is 3.06. The van der Waals surface area contributed by atoms with Crippen molar-refractivity contribution in [2.75, 3.05) is 10.6 Å². The number of rotatable bonds is 6. The molecule has 10 heteroatoms. The summed E-state index contributed by atoms with van der Waals surface area (Å²) in [4.78, 5) is 32.8. The first kappa shape index (κ1) is 21.8. The minimum Gasteiger partial charge on any atom is -0.290 e. The number of hydrogen-bond acceptors (Lipinski definition) is 6. The van der Waals surface area contributed by atoms with Crippen LogP contribution in [0.25, 0.3) is 5.69 Å². The zero-order chi connectivity index (χ0) is 23.9. The third kappa shape index (κ3) is 4.91. The SMILES string of the molecule is C#Cc1cccc(C(=O)Nc2nc(NC(=O)c3cccc(N=[N+]=N)c3)nn2-c2ccccc2)c1. The summed E-state index contributed by atoms with van der Waals surface area (Å²) in [5, 5.41) is 13.3. The first-order valence-electron chi connectivity index (χ1n) is 9.97.